The molecule has 1 aliphatic rings. The molecule has 1 aromatic heterocycles. The fraction of sp³-hybridized carbons (Fsp3) is 0.273. The van der Waals surface area contributed by atoms with Crippen LogP contribution < -0.4 is 14.9 Å². The van der Waals surface area contributed by atoms with Gasteiger partial charge < -0.3 is 15.1 Å². The van der Waals surface area contributed by atoms with Crippen LogP contribution in [0.15, 0.2) is 125 Å². The molecule has 1 aliphatic heterocycles. The predicted molar refractivity (Wildman–Crippen MR) is 241 cm³/mol. The van der Waals surface area contributed by atoms with Gasteiger partial charge in [-0.3, -0.25) is 19.7 Å². The summed E-state index contributed by atoms with van der Waals surface area (Å²) in [6, 6.07) is 31.0. The van der Waals surface area contributed by atoms with Crippen LogP contribution in [0.25, 0.3) is 22.0 Å². The summed E-state index contributed by atoms with van der Waals surface area (Å²) in [6.45, 7) is 4.11. The van der Waals surface area contributed by atoms with Gasteiger partial charge in [0, 0.05) is 71.6 Å². The number of anilines is 3. The van der Waals surface area contributed by atoms with E-state index in [1.807, 2.05) is 85.7 Å². The van der Waals surface area contributed by atoms with E-state index in [0.717, 1.165) is 46.7 Å². The van der Waals surface area contributed by atoms with Crippen LogP contribution in [0.1, 0.15) is 17.5 Å². The first kappa shape index (κ1) is 44.6. The number of nitrogens with one attached hydrogen (secondary N) is 2. The van der Waals surface area contributed by atoms with Crippen molar-refractivity contribution >= 4 is 67.2 Å². The first-order valence-electron chi connectivity index (χ1n) is 19.7. The second kappa shape index (κ2) is 19.3. The third-order valence-electron chi connectivity index (χ3n) is 10.5. The molecule has 0 radical (unpaired) electrons. The van der Waals surface area contributed by atoms with Crippen molar-refractivity contribution < 1.29 is 26.5 Å². The molecule has 0 spiro atoms. The first-order valence-corrected chi connectivity index (χ1v) is 22.6. The van der Waals surface area contributed by atoms with Gasteiger partial charge in [0.25, 0.3) is 15.7 Å². The molecule has 324 valence electrons. The van der Waals surface area contributed by atoms with E-state index in [9.17, 15) is 31.7 Å². The molecule has 0 amide bonds. The van der Waals surface area contributed by atoms with Gasteiger partial charge in [-0.25, -0.2) is 18.4 Å². The number of thioether (sulfide) groups is 1. The van der Waals surface area contributed by atoms with Crippen LogP contribution in [0, 0.1) is 10.1 Å². The normalized spacial score (nSPS) is 14.3. The summed E-state index contributed by atoms with van der Waals surface area (Å²) in [4.78, 5) is 26.2. The number of sulfonamides is 1. The highest BCUT2D eigenvalue weighted by Gasteiger charge is 2.40. The van der Waals surface area contributed by atoms with Crippen LogP contribution in [0.3, 0.4) is 0 Å². The fourth-order valence-corrected chi connectivity index (χ4v) is 9.57. The third-order valence-corrected chi connectivity index (χ3v) is 13.2. The first-order chi connectivity index (χ1) is 29.6. The maximum absolute atomic E-state index is 14.8. The van der Waals surface area contributed by atoms with Crippen molar-refractivity contribution in [3.8, 4) is 11.1 Å². The molecule has 5 aromatic carbocycles. The number of hydrogen-bond acceptors (Lipinski definition) is 11. The van der Waals surface area contributed by atoms with Crippen LogP contribution >= 0.6 is 23.4 Å². The van der Waals surface area contributed by atoms with Crippen molar-refractivity contribution in [2.24, 2.45) is 0 Å². The van der Waals surface area contributed by atoms with E-state index in [1.54, 1.807) is 18.2 Å². The molecule has 0 aliphatic carbocycles. The van der Waals surface area contributed by atoms with Crippen molar-refractivity contribution in [3.05, 3.63) is 142 Å². The summed E-state index contributed by atoms with van der Waals surface area (Å²) in [6.07, 6.45) is -3.65. The van der Waals surface area contributed by atoms with E-state index in [2.05, 4.69) is 41.9 Å². The summed E-state index contributed by atoms with van der Waals surface area (Å²) in [7, 11) is -1.23. The van der Waals surface area contributed by atoms with E-state index in [-0.39, 0.29) is 17.0 Å². The smallest absolute Gasteiger partial charge is 0.375 e. The van der Waals surface area contributed by atoms with E-state index in [1.165, 1.54) is 11.8 Å². The molecule has 12 nitrogen and oxygen atoms in total. The summed E-state index contributed by atoms with van der Waals surface area (Å²) < 4.78 is 74.4. The van der Waals surface area contributed by atoms with Crippen LogP contribution in [0.4, 0.5) is 36.1 Å². The monoisotopic (exact) mass is 904 g/mol. The zero-order valence-corrected chi connectivity index (χ0v) is 36.2. The lowest BCUT2D eigenvalue weighted by molar-refractivity contribution is -0.384. The lowest BCUT2D eigenvalue weighted by atomic mass is 9.99. The average Bonchev–Trinajstić information content (AvgIpc) is 3.25. The Labute approximate surface area is 367 Å². The van der Waals surface area contributed by atoms with Crippen LogP contribution in [-0.4, -0.2) is 91.7 Å². The molecule has 1 saturated heterocycles. The van der Waals surface area contributed by atoms with Gasteiger partial charge in [-0.2, -0.15) is 13.2 Å². The third kappa shape index (κ3) is 10.9. The number of alkyl halides is 3. The Kier molecular flexibility index (Phi) is 13.9. The lowest BCUT2D eigenvalue weighted by Gasteiger charge is -2.36. The molecule has 62 heavy (non-hydrogen) atoms. The Morgan fingerprint density at radius 1 is 0.919 bits per heavy atom. The molecule has 1 atom stereocenters. The van der Waals surface area contributed by atoms with Gasteiger partial charge >= 0.3 is 6.18 Å². The Morgan fingerprint density at radius 3 is 2.31 bits per heavy atom. The van der Waals surface area contributed by atoms with Gasteiger partial charge in [0.15, 0.2) is 5.82 Å². The van der Waals surface area contributed by atoms with Crippen molar-refractivity contribution in [2.75, 3.05) is 67.5 Å². The standard InChI is InChI=1S/C44H44ClF3N8O4S2/c1-53(2)18-17-33(28-61-35-11-7-4-8-12-35)51-42-39(44(46,47)48)25-36(26-41(42)56(57)58)62(59,60)52-43-38-16-14-34(24-40(38)49-29-50-43)55-21-19-54(20-22-55)27-31-23-32(45)13-15-37(31)30-9-5-3-6-10-30/h3-16,23-26,29,33,51H,17-22,27-28H2,1-2H3,(H,49,50,52). The maximum Gasteiger partial charge on any atom is 0.418 e. The second-order valence-electron chi connectivity index (χ2n) is 15.1. The van der Waals surface area contributed by atoms with Gasteiger partial charge in [-0.05, 0) is 92.3 Å². The minimum atomic E-state index is -5.15. The van der Waals surface area contributed by atoms with Crippen LogP contribution in [-0.2, 0) is 22.7 Å². The topological polar surface area (TPSA) is 137 Å². The number of piperazine rings is 1. The van der Waals surface area contributed by atoms with Gasteiger partial charge in [-0.15, -0.1) is 11.8 Å². The van der Waals surface area contributed by atoms with Crippen molar-refractivity contribution in [3.63, 3.8) is 0 Å². The molecule has 2 heterocycles. The molecule has 18 heteroatoms. The second-order valence-corrected chi connectivity index (χ2v) is 18.3. The van der Waals surface area contributed by atoms with Crippen molar-refractivity contribution in [1.82, 2.24) is 19.8 Å². The average molecular weight is 905 g/mol. The maximum atomic E-state index is 14.8. The number of nitrogens with zero attached hydrogens (tertiary/aromatic N) is 6. The molecular formula is C44H44ClF3N8O4S2. The number of fused-ring (bicyclic) bond motifs is 1. The lowest BCUT2D eigenvalue weighted by Crippen LogP contribution is -2.46. The Morgan fingerprint density at radius 2 is 1.63 bits per heavy atom. The Hall–Kier alpha value is -5.46. The molecular weight excluding hydrogens is 861 g/mol. The predicted octanol–water partition coefficient (Wildman–Crippen LogP) is 9.52. The Bertz CT molecular complexity index is 2640. The molecule has 0 saturated carbocycles. The van der Waals surface area contributed by atoms with Gasteiger partial charge in [0.05, 0.1) is 20.9 Å². The van der Waals surface area contributed by atoms with E-state index < -0.39 is 49.0 Å². The van der Waals surface area contributed by atoms with Crippen LogP contribution in [0.5, 0.6) is 0 Å². The Balaban J connectivity index is 1.09. The van der Waals surface area contributed by atoms with E-state index in [0.29, 0.717) is 55.3 Å². The molecule has 6 aromatic rings. The summed E-state index contributed by atoms with van der Waals surface area (Å²) >= 11 is 7.79. The minimum Gasteiger partial charge on any atom is -0.375 e. The number of aromatic nitrogens is 2. The van der Waals surface area contributed by atoms with E-state index >= 15 is 0 Å². The zero-order valence-electron chi connectivity index (χ0n) is 33.8. The minimum absolute atomic E-state index is 0.192. The quantitative estimate of drug-likeness (QED) is 0.0546. The fourth-order valence-electron chi connectivity index (χ4n) is 7.31. The number of rotatable bonds is 16. The van der Waals surface area contributed by atoms with Gasteiger partial charge in [0.1, 0.15) is 12.0 Å². The number of halogens is 4. The molecule has 1 fully saturated rings. The zero-order chi connectivity index (χ0) is 44.0. The molecule has 7 rings (SSSR count). The van der Waals surface area contributed by atoms with Gasteiger partial charge in [-0.1, -0.05) is 66.2 Å². The summed E-state index contributed by atoms with van der Waals surface area (Å²) in [5.41, 5.74) is 1.30. The van der Waals surface area contributed by atoms with Crippen LogP contribution in [0.2, 0.25) is 5.02 Å². The number of nitro benzene ring substituents is 1. The summed E-state index contributed by atoms with van der Waals surface area (Å²) in [5.74, 6) is 0.0919. The summed E-state index contributed by atoms with van der Waals surface area (Å²) in [5, 5.41) is 16.2. The highest BCUT2D eigenvalue weighted by Crippen LogP contribution is 2.43. The molecule has 2 N–H and O–H groups in total. The van der Waals surface area contributed by atoms with E-state index in [4.69, 9.17) is 11.6 Å². The highest BCUT2D eigenvalue weighted by atomic mass is 35.5. The van der Waals surface area contributed by atoms with Gasteiger partial charge in [0.2, 0.25) is 0 Å². The number of nitro groups is 1. The molecule has 0 bridgehead atoms. The molecule has 1 unspecified atom stereocenters. The highest BCUT2D eigenvalue weighted by molar-refractivity contribution is 7.99. The number of hydrogen-bond donors (Lipinski definition) is 2. The van der Waals surface area contributed by atoms with Crippen molar-refractivity contribution in [1.29, 1.82) is 0 Å². The van der Waals surface area contributed by atoms with Crippen molar-refractivity contribution in [2.45, 2.75) is 35.0 Å². The largest absolute Gasteiger partial charge is 0.418 e. The SMILES string of the molecule is CN(C)CCC(CSc1ccccc1)Nc1c([N+](=O)[O-])cc(S(=O)(=O)Nc2ncnc3cc(N4CCN(Cc5cc(Cl)ccc5-c5ccccc5)CC4)ccc23)cc1C(F)(F)F. The number of benzene rings is 5.